The summed E-state index contributed by atoms with van der Waals surface area (Å²) in [6.45, 7) is 4.70. The fourth-order valence-corrected chi connectivity index (χ4v) is 4.80. The number of anilines is 1. The first-order chi connectivity index (χ1) is 18.8. The molecule has 0 spiro atoms. The highest BCUT2D eigenvalue weighted by Crippen LogP contribution is 2.31. The van der Waals surface area contributed by atoms with E-state index in [0.717, 1.165) is 16.7 Å². The molecule has 0 saturated carbocycles. The number of likely N-dealkylation sites (N-methyl/N-ethyl adjacent to an activating group) is 1. The Bertz CT molecular complexity index is 1280. The molecule has 1 aliphatic rings. The van der Waals surface area contributed by atoms with Gasteiger partial charge in [-0.15, -0.1) is 0 Å². The molecule has 3 aromatic carbocycles. The average Bonchev–Trinajstić information content (AvgIpc) is 2.98. The molecule has 3 atom stereocenters. The Balaban J connectivity index is 1.62. The maximum atomic E-state index is 13.9. The van der Waals surface area contributed by atoms with E-state index in [1.165, 1.54) is 0 Å². The topological polar surface area (TPSA) is 91.3 Å². The lowest BCUT2D eigenvalue weighted by Crippen LogP contribution is -2.48. The highest BCUT2D eigenvalue weighted by atomic mass is 16.5. The van der Waals surface area contributed by atoms with Crippen LogP contribution in [0, 0.1) is 5.92 Å². The Hall–Kier alpha value is -3.88. The molecular weight excluding hydrogens is 494 g/mol. The molecule has 0 radical (unpaired) electrons. The van der Waals surface area contributed by atoms with Crippen LogP contribution in [0.25, 0.3) is 11.1 Å². The second kappa shape index (κ2) is 12.8. The summed E-state index contributed by atoms with van der Waals surface area (Å²) >= 11 is 0. The number of aliphatic hydroxyl groups is 1. The summed E-state index contributed by atoms with van der Waals surface area (Å²) in [5.74, 6) is 0.441. The minimum absolute atomic E-state index is 0.128. The first-order valence-corrected chi connectivity index (χ1v) is 13.2. The number of methoxy groups -OCH3 is 1. The number of hydrogen-bond donors (Lipinski definition) is 2. The number of fused-ring (bicyclic) bond motifs is 3. The number of carbonyl (C=O) groups is 2. The van der Waals surface area contributed by atoms with E-state index < -0.39 is 0 Å². The number of carbonyl (C=O) groups excluding carboxylic acids is 2. The summed E-state index contributed by atoms with van der Waals surface area (Å²) in [5.41, 5.74) is 3.97. The molecule has 2 N–H and O–H groups in total. The minimum atomic E-state index is -0.388. The molecule has 0 unspecified atom stereocenters. The van der Waals surface area contributed by atoms with Gasteiger partial charge in [-0.3, -0.25) is 4.79 Å². The number of nitrogens with zero attached hydrogens (tertiary/aromatic N) is 2. The number of amides is 3. The van der Waals surface area contributed by atoms with Gasteiger partial charge in [0.05, 0.1) is 32.5 Å². The Morgan fingerprint density at radius 2 is 1.72 bits per heavy atom. The molecule has 3 aromatic rings. The van der Waals surface area contributed by atoms with E-state index in [4.69, 9.17) is 9.47 Å². The van der Waals surface area contributed by atoms with Crippen LogP contribution in [-0.4, -0.2) is 72.8 Å². The van der Waals surface area contributed by atoms with E-state index in [0.29, 0.717) is 36.7 Å². The molecule has 206 valence electrons. The molecule has 4 rings (SSSR count). The van der Waals surface area contributed by atoms with Crippen molar-refractivity contribution in [3.05, 3.63) is 83.9 Å². The Morgan fingerprint density at radius 1 is 1.08 bits per heavy atom. The van der Waals surface area contributed by atoms with Gasteiger partial charge in [-0.2, -0.15) is 0 Å². The molecule has 1 heterocycles. The zero-order valence-electron chi connectivity index (χ0n) is 23.0. The van der Waals surface area contributed by atoms with Crippen LogP contribution < -0.4 is 10.1 Å². The number of benzene rings is 3. The standard InChI is InChI=1S/C31H37N3O5/c1-21-17-34(22(2)19-35)30(36)28-12-8-7-11-27(28)26-10-6-5-9-23(26)20-39-29(21)18-33(3)31(37)32-24-13-15-25(38-4)16-14-24/h5-16,21-22,29,35H,17-20H2,1-4H3,(H,32,37)/t21-,22+,29-/m0/s1. The fraction of sp³-hybridized carbons (Fsp3) is 0.355. The van der Waals surface area contributed by atoms with Crippen LogP contribution in [0.4, 0.5) is 10.5 Å². The molecular formula is C31H37N3O5. The number of aliphatic hydroxyl groups excluding tert-OH is 1. The number of nitrogens with one attached hydrogen (secondary N) is 1. The van der Waals surface area contributed by atoms with Gasteiger partial charge in [-0.05, 0) is 53.9 Å². The molecule has 1 aliphatic heterocycles. The van der Waals surface area contributed by atoms with E-state index in [2.05, 4.69) is 5.32 Å². The zero-order valence-corrected chi connectivity index (χ0v) is 23.0. The third-order valence-electron chi connectivity index (χ3n) is 7.24. The van der Waals surface area contributed by atoms with Crippen molar-refractivity contribution in [2.75, 3.05) is 39.2 Å². The first-order valence-electron chi connectivity index (χ1n) is 13.2. The van der Waals surface area contributed by atoms with Crippen LogP contribution in [0.2, 0.25) is 0 Å². The fourth-order valence-electron chi connectivity index (χ4n) is 4.80. The van der Waals surface area contributed by atoms with Crippen molar-refractivity contribution >= 4 is 17.6 Å². The van der Waals surface area contributed by atoms with Crippen LogP contribution in [0.15, 0.2) is 72.8 Å². The summed E-state index contributed by atoms with van der Waals surface area (Å²) in [5, 5.41) is 12.9. The van der Waals surface area contributed by atoms with Crippen molar-refractivity contribution in [2.24, 2.45) is 5.92 Å². The second-order valence-corrected chi connectivity index (χ2v) is 10.1. The van der Waals surface area contributed by atoms with Crippen molar-refractivity contribution < 1.29 is 24.2 Å². The van der Waals surface area contributed by atoms with Gasteiger partial charge in [-0.1, -0.05) is 49.4 Å². The summed E-state index contributed by atoms with van der Waals surface area (Å²) in [7, 11) is 3.32. The third kappa shape index (κ3) is 6.58. The van der Waals surface area contributed by atoms with E-state index >= 15 is 0 Å². The highest BCUT2D eigenvalue weighted by molar-refractivity contribution is 6.01. The minimum Gasteiger partial charge on any atom is -0.497 e. The summed E-state index contributed by atoms with van der Waals surface area (Å²) < 4.78 is 11.7. The maximum Gasteiger partial charge on any atom is 0.321 e. The van der Waals surface area contributed by atoms with Gasteiger partial charge < -0.3 is 29.7 Å². The smallest absolute Gasteiger partial charge is 0.321 e. The SMILES string of the molecule is COc1ccc(NC(=O)N(C)C[C@@H]2OCc3ccccc3-c3ccccc3C(=O)N([C@H](C)CO)C[C@@H]2C)cc1. The van der Waals surface area contributed by atoms with Crippen molar-refractivity contribution in [3.8, 4) is 16.9 Å². The molecule has 8 nitrogen and oxygen atoms in total. The van der Waals surface area contributed by atoms with E-state index in [9.17, 15) is 14.7 Å². The lowest BCUT2D eigenvalue weighted by molar-refractivity contribution is -0.0178. The molecule has 0 fully saturated rings. The molecule has 0 bridgehead atoms. The number of urea groups is 1. The normalized spacial score (nSPS) is 18.3. The Kier molecular flexibility index (Phi) is 9.22. The van der Waals surface area contributed by atoms with Gasteiger partial charge in [0.1, 0.15) is 5.75 Å². The first kappa shape index (κ1) is 28.1. The van der Waals surface area contributed by atoms with E-state index in [1.807, 2.05) is 62.4 Å². The van der Waals surface area contributed by atoms with Crippen LogP contribution in [-0.2, 0) is 11.3 Å². The lowest BCUT2D eigenvalue weighted by atomic mass is 9.94. The van der Waals surface area contributed by atoms with Crippen LogP contribution in [0.1, 0.15) is 29.8 Å². The van der Waals surface area contributed by atoms with Gasteiger partial charge in [0.2, 0.25) is 0 Å². The van der Waals surface area contributed by atoms with Gasteiger partial charge in [-0.25, -0.2) is 4.79 Å². The Labute approximate surface area is 230 Å². The molecule has 0 aliphatic carbocycles. The van der Waals surface area contributed by atoms with E-state index in [1.54, 1.807) is 48.2 Å². The van der Waals surface area contributed by atoms with Crippen molar-refractivity contribution in [1.29, 1.82) is 0 Å². The zero-order chi connectivity index (χ0) is 27.9. The summed E-state index contributed by atoms with van der Waals surface area (Å²) in [6.07, 6.45) is -0.368. The quantitative estimate of drug-likeness (QED) is 0.473. The molecule has 39 heavy (non-hydrogen) atoms. The number of hydrogen-bond acceptors (Lipinski definition) is 5. The van der Waals surface area contributed by atoms with Gasteiger partial charge in [0.25, 0.3) is 5.91 Å². The molecule has 0 saturated heterocycles. The van der Waals surface area contributed by atoms with Gasteiger partial charge in [0, 0.05) is 37.3 Å². The number of ether oxygens (including phenoxy) is 2. The van der Waals surface area contributed by atoms with Crippen molar-refractivity contribution in [1.82, 2.24) is 9.80 Å². The molecule has 3 amide bonds. The highest BCUT2D eigenvalue weighted by Gasteiger charge is 2.31. The largest absolute Gasteiger partial charge is 0.497 e. The lowest BCUT2D eigenvalue weighted by Gasteiger charge is -2.35. The Morgan fingerprint density at radius 3 is 2.38 bits per heavy atom. The van der Waals surface area contributed by atoms with Gasteiger partial charge >= 0.3 is 6.03 Å². The predicted octanol–water partition coefficient (Wildman–Crippen LogP) is 4.88. The van der Waals surface area contributed by atoms with Crippen molar-refractivity contribution in [3.63, 3.8) is 0 Å². The summed E-state index contributed by atoms with van der Waals surface area (Å²) in [4.78, 5) is 30.2. The summed E-state index contributed by atoms with van der Waals surface area (Å²) in [6, 6.07) is 22.0. The molecule has 8 heteroatoms. The van der Waals surface area contributed by atoms with Crippen LogP contribution in [0.5, 0.6) is 5.75 Å². The van der Waals surface area contributed by atoms with Crippen LogP contribution in [0.3, 0.4) is 0 Å². The third-order valence-corrected chi connectivity index (χ3v) is 7.24. The monoisotopic (exact) mass is 531 g/mol. The number of rotatable bonds is 6. The molecule has 0 aromatic heterocycles. The average molecular weight is 532 g/mol. The van der Waals surface area contributed by atoms with Crippen molar-refractivity contribution in [2.45, 2.75) is 32.6 Å². The predicted molar refractivity (Wildman–Crippen MR) is 152 cm³/mol. The maximum absolute atomic E-state index is 13.9. The van der Waals surface area contributed by atoms with Gasteiger partial charge in [0.15, 0.2) is 0 Å². The van der Waals surface area contributed by atoms with Crippen LogP contribution >= 0.6 is 0 Å². The van der Waals surface area contributed by atoms with E-state index in [-0.39, 0.29) is 36.6 Å². The second-order valence-electron chi connectivity index (χ2n) is 10.1.